The number of benzene rings is 1. The number of nitrogens with zero attached hydrogens (tertiary/aromatic N) is 2. The van der Waals surface area contributed by atoms with Crippen LogP contribution in [-0.4, -0.2) is 22.0 Å². The molecule has 0 atom stereocenters. The number of carbonyl (C=O) groups excluding carboxylic acids is 1. The van der Waals surface area contributed by atoms with E-state index in [9.17, 15) is 4.79 Å². The molecule has 1 aromatic carbocycles. The summed E-state index contributed by atoms with van der Waals surface area (Å²) in [5, 5.41) is 2.85. The molecule has 1 aliphatic carbocycles. The van der Waals surface area contributed by atoms with Gasteiger partial charge in [0.1, 0.15) is 0 Å². The predicted molar refractivity (Wildman–Crippen MR) is 73.5 cm³/mol. The summed E-state index contributed by atoms with van der Waals surface area (Å²) < 4.78 is 2.24. The summed E-state index contributed by atoms with van der Waals surface area (Å²) in [6.45, 7) is 0.918. The van der Waals surface area contributed by atoms with Crippen molar-refractivity contribution in [2.75, 3.05) is 6.54 Å². The molecule has 5 nitrogen and oxygen atoms in total. The van der Waals surface area contributed by atoms with Crippen LogP contribution in [-0.2, 0) is 11.3 Å². The Morgan fingerprint density at radius 1 is 1.47 bits per heavy atom. The largest absolute Gasteiger partial charge is 0.352 e. The number of imidazole rings is 1. The Balaban J connectivity index is 1.73. The predicted octanol–water partition coefficient (Wildman–Crippen LogP) is 1.34. The monoisotopic (exact) mass is 258 g/mol. The number of fused-ring (bicyclic) bond motifs is 1. The van der Waals surface area contributed by atoms with Gasteiger partial charge in [0.05, 0.1) is 17.4 Å². The van der Waals surface area contributed by atoms with Crippen molar-refractivity contribution in [1.82, 2.24) is 14.9 Å². The van der Waals surface area contributed by atoms with Crippen molar-refractivity contribution in [2.24, 2.45) is 5.73 Å². The number of hydrogen-bond donors (Lipinski definition) is 2. The molecule has 1 saturated carbocycles. The first-order valence-electron chi connectivity index (χ1n) is 6.70. The fourth-order valence-corrected chi connectivity index (χ4v) is 2.25. The lowest BCUT2D eigenvalue weighted by molar-refractivity contribution is -0.121. The molecule has 0 saturated heterocycles. The van der Waals surface area contributed by atoms with Gasteiger partial charge >= 0.3 is 0 Å². The van der Waals surface area contributed by atoms with Crippen LogP contribution in [0, 0.1) is 0 Å². The summed E-state index contributed by atoms with van der Waals surface area (Å²) in [4.78, 5) is 15.8. The number of carbonyl (C=O) groups is 1. The molecule has 0 aliphatic heterocycles. The highest BCUT2D eigenvalue weighted by Crippen LogP contribution is 2.37. The minimum Gasteiger partial charge on any atom is -0.352 e. The van der Waals surface area contributed by atoms with Crippen LogP contribution >= 0.6 is 0 Å². The first-order valence-corrected chi connectivity index (χ1v) is 6.70. The summed E-state index contributed by atoms with van der Waals surface area (Å²) >= 11 is 0. The Labute approximate surface area is 111 Å². The van der Waals surface area contributed by atoms with Gasteiger partial charge in [-0.05, 0) is 30.5 Å². The maximum Gasteiger partial charge on any atom is 0.221 e. The zero-order chi connectivity index (χ0) is 13.2. The Kier molecular flexibility index (Phi) is 3.21. The van der Waals surface area contributed by atoms with Crippen LogP contribution in [0.15, 0.2) is 24.5 Å². The van der Waals surface area contributed by atoms with Crippen LogP contribution in [0.5, 0.6) is 0 Å². The molecule has 5 heteroatoms. The topological polar surface area (TPSA) is 72.9 Å². The van der Waals surface area contributed by atoms with Crippen LogP contribution in [0.4, 0.5) is 0 Å². The highest BCUT2D eigenvalue weighted by Gasteiger charge is 2.24. The molecule has 0 bridgehead atoms. The molecule has 100 valence electrons. The van der Waals surface area contributed by atoms with Crippen molar-refractivity contribution in [3.63, 3.8) is 0 Å². The Bertz CT molecular complexity index is 601. The summed E-state index contributed by atoms with van der Waals surface area (Å²) in [7, 11) is 0. The van der Waals surface area contributed by atoms with Gasteiger partial charge in [-0.3, -0.25) is 4.79 Å². The van der Waals surface area contributed by atoms with Crippen LogP contribution in [0.2, 0.25) is 0 Å². The number of rotatable bonds is 5. The first-order chi connectivity index (χ1) is 9.28. The van der Waals surface area contributed by atoms with E-state index in [-0.39, 0.29) is 5.91 Å². The van der Waals surface area contributed by atoms with E-state index in [1.165, 1.54) is 18.4 Å². The van der Waals surface area contributed by atoms with Gasteiger partial charge in [-0.2, -0.15) is 0 Å². The second-order valence-corrected chi connectivity index (χ2v) is 5.02. The van der Waals surface area contributed by atoms with E-state index in [0.29, 0.717) is 25.6 Å². The normalized spacial score (nSPS) is 14.8. The second kappa shape index (κ2) is 5.01. The van der Waals surface area contributed by atoms with Gasteiger partial charge in [0.15, 0.2) is 0 Å². The summed E-state index contributed by atoms with van der Waals surface area (Å²) in [6, 6.07) is 6.81. The molecule has 3 rings (SSSR count). The molecule has 1 amide bonds. The van der Waals surface area contributed by atoms with Crippen molar-refractivity contribution < 1.29 is 4.79 Å². The van der Waals surface area contributed by atoms with E-state index in [0.717, 1.165) is 11.1 Å². The van der Waals surface area contributed by atoms with Crippen molar-refractivity contribution in [2.45, 2.75) is 31.8 Å². The Morgan fingerprint density at radius 3 is 3.05 bits per heavy atom. The summed E-state index contributed by atoms with van der Waals surface area (Å²) in [5.41, 5.74) is 8.58. The zero-order valence-corrected chi connectivity index (χ0v) is 10.8. The fraction of sp³-hybridized carbons (Fsp3) is 0.429. The van der Waals surface area contributed by atoms with E-state index < -0.39 is 0 Å². The minimum atomic E-state index is -0.00823. The van der Waals surface area contributed by atoms with E-state index in [1.54, 1.807) is 0 Å². The van der Waals surface area contributed by atoms with Gasteiger partial charge in [0, 0.05) is 25.6 Å². The average Bonchev–Trinajstić information content (AvgIpc) is 3.17. The molecule has 1 aliphatic rings. The molecule has 0 unspecified atom stereocenters. The number of amides is 1. The smallest absolute Gasteiger partial charge is 0.221 e. The van der Waals surface area contributed by atoms with Gasteiger partial charge in [-0.25, -0.2) is 4.98 Å². The van der Waals surface area contributed by atoms with Crippen LogP contribution < -0.4 is 11.1 Å². The highest BCUT2D eigenvalue weighted by molar-refractivity contribution is 5.78. The lowest BCUT2D eigenvalue weighted by atomic mass is 10.2. The molecule has 1 heterocycles. The third-order valence-electron chi connectivity index (χ3n) is 3.44. The van der Waals surface area contributed by atoms with Crippen LogP contribution in [0.1, 0.15) is 30.9 Å². The molecular formula is C14H18N4O. The van der Waals surface area contributed by atoms with Gasteiger partial charge in [0.2, 0.25) is 5.91 Å². The molecule has 1 fully saturated rings. The van der Waals surface area contributed by atoms with Crippen molar-refractivity contribution in [3.8, 4) is 0 Å². The summed E-state index contributed by atoms with van der Waals surface area (Å²) in [6.07, 6.45) is 4.79. The second-order valence-electron chi connectivity index (χ2n) is 5.02. The standard InChI is InChI=1S/C14H18N4O/c15-6-5-14(19)16-8-10-1-4-13-12(7-10)17-9-18(13)11-2-3-11/h1,4,7,9,11H,2-3,5-6,8,15H2,(H,16,19). The quantitative estimate of drug-likeness (QED) is 0.850. The maximum absolute atomic E-state index is 11.4. The molecule has 2 aromatic rings. The zero-order valence-electron chi connectivity index (χ0n) is 10.8. The van der Waals surface area contributed by atoms with Gasteiger partial charge in [-0.1, -0.05) is 6.07 Å². The SMILES string of the molecule is NCCC(=O)NCc1ccc2c(c1)ncn2C1CC1. The van der Waals surface area contributed by atoms with Crippen LogP contribution in [0.3, 0.4) is 0 Å². The van der Waals surface area contributed by atoms with Gasteiger partial charge in [0.25, 0.3) is 0 Å². The number of nitrogens with one attached hydrogen (secondary N) is 1. The molecule has 3 N–H and O–H groups in total. The Morgan fingerprint density at radius 2 is 2.32 bits per heavy atom. The molecule has 0 spiro atoms. The first kappa shape index (κ1) is 12.2. The molecule has 19 heavy (non-hydrogen) atoms. The van der Waals surface area contributed by atoms with Gasteiger partial charge < -0.3 is 15.6 Å². The lowest BCUT2D eigenvalue weighted by Gasteiger charge is -2.05. The van der Waals surface area contributed by atoms with E-state index in [1.807, 2.05) is 18.5 Å². The third kappa shape index (κ3) is 2.61. The highest BCUT2D eigenvalue weighted by atomic mass is 16.1. The minimum absolute atomic E-state index is 0.00823. The van der Waals surface area contributed by atoms with Crippen molar-refractivity contribution in [3.05, 3.63) is 30.1 Å². The van der Waals surface area contributed by atoms with E-state index >= 15 is 0 Å². The number of aromatic nitrogens is 2. The Hall–Kier alpha value is -1.88. The lowest BCUT2D eigenvalue weighted by Crippen LogP contribution is -2.24. The molecule has 0 radical (unpaired) electrons. The number of hydrogen-bond acceptors (Lipinski definition) is 3. The fourth-order valence-electron chi connectivity index (χ4n) is 2.25. The molecular weight excluding hydrogens is 240 g/mol. The third-order valence-corrected chi connectivity index (χ3v) is 3.44. The van der Waals surface area contributed by atoms with Crippen molar-refractivity contribution in [1.29, 1.82) is 0 Å². The average molecular weight is 258 g/mol. The van der Waals surface area contributed by atoms with Crippen LogP contribution in [0.25, 0.3) is 11.0 Å². The van der Waals surface area contributed by atoms with E-state index in [4.69, 9.17) is 5.73 Å². The molecule has 1 aromatic heterocycles. The maximum atomic E-state index is 11.4. The number of nitrogens with two attached hydrogens (primary N) is 1. The van der Waals surface area contributed by atoms with Gasteiger partial charge in [-0.15, -0.1) is 0 Å². The summed E-state index contributed by atoms with van der Waals surface area (Å²) in [5.74, 6) is -0.00823. The van der Waals surface area contributed by atoms with Crippen molar-refractivity contribution >= 4 is 16.9 Å². The van der Waals surface area contributed by atoms with E-state index in [2.05, 4.69) is 20.9 Å².